The predicted molar refractivity (Wildman–Crippen MR) is 68.2 cm³/mol. The average molecular weight is 225 g/mol. The van der Waals surface area contributed by atoms with Crippen LogP contribution in [0.4, 0.5) is 0 Å². The first kappa shape index (κ1) is 13.5. The van der Waals surface area contributed by atoms with Gasteiger partial charge in [-0.15, -0.1) is 0 Å². The summed E-state index contributed by atoms with van der Waals surface area (Å²) < 4.78 is 0. The molecule has 1 fully saturated rings. The van der Waals surface area contributed by atoms with Crippen LogP contribution < -0.4 is 0 Å². The minimum atomic E-state index is 0.321. The van der Waals surface area contributed by atoms with Crippen LogP contribution in [0, 0.1) is 17.3 Å². The number of nitrogens with zero attached hydrogens (tertiary/aromatic N) is 1. The highest BCUT2D eigenvalue weighted by Gasteiger charge is 2.31. The second-order valence-electron chi connectivity index (χ2n) is 6.23. The zero-order valence-electron chi connectivity index (χ0n) is 11.5. The molecular weight excluding hydrogens is 198 g/mol. The normalized spacial score (nSPS) is 20.9. The molecule has 1 saturated heterocycles. The SMILES string of the molecule is CCC(=O)N1CCC([C@@H](C)C(C)(C)C)CC1. The van der Waals surface area contributed by atoms with Gasteiger partial charge in [-0.1, -0.05) is 34.6 Å². The smallest absolute Gasteiger partial charge is 0.222 e. The van der Waals surface area contributed by atoms with Crippen LogP contribution >= 0.6 is 0 Å². The largest absolute Gasteiger partial charge is 0.343 e. The van der Waals surface area contributed by atoms with E-state index < -0.39 is 0 Å². The maximum atomic E-state index is 11.6. The molecule has 0 unspecified atom stereocenters. The van der Waals surface area contributed by atoms with E-state index in [2.05, 4.69) is 27.7 Å². The van der Waals surface area contributed by atoms with E-state index in [0.717, 1.165) is 24.9 Å². The number of rotatable bonds is 2. The van der Waals surface area contributed by atoms with E-state index in [-0.39, 0.29) is 0 Å². The van der Waals surface area contributed by atoms with Crippen LogP contribution in [0.5, 0.6) is 0 Å². The van der Waals surface area contributed by atoms with E-state index in [9.17, 15) is 4.79 Å². The molecule has 0 radical (unpaired) electrons. The third kappa shape index (κ3) is 3.23. The Morgan fingerprint density at radius 1 is 1.31 bits per heavy atom. The van der Waals surface area contributed by atoms with Gasteiger partial charge in [-0.25, -0.2) is 0 Å². The van der Waals surface area contributed by atoms with Crippen LogP contribution in [0.1, 0.15) is 53.9 Å². The molecule has 1 amide bonds. The van der Waals surface area contributed by atoms with E-state index in [1.165, 1.54) is 12.8 Å². The van der Waals surface area contributed by atoms with E-state index in [1.54, 1.807) is 0 Å². The van der Waals surface area contributed by atoms with Gasteiger partial charge in [-0.3, -0.25) is 4.79 Å². The minimum Gasteiger partial charge on any atom is -0.343 e. The maximum Gasteiger partial charge on any atom is 0.222 e. The number of carbonyl (C=O) groups excluding carboxylic acids is 1. The van der Waals surface area contributed by atoms with Gasteiger partial charge >= 0.3 is 0 Å². The summed E-state index contributed by atoms with van der Waals surface area (Å²) in [6, 6.07) is 0. The first-order valence-corrected chi connectivity index (χ1v) is 6.64. The van der Waals surface area contributed by atoms with Crippen molar-refractivity contribution in [3.63, 3.8) is 0 Å². The molecule has 2 nitrogen and oxygen atoms in total. The van der Waals surface area contributed by atoms with Gasteiger partial charge in [0.15, 0.2) is 0 Å². The Morgan fingerprint density at radius 3 is 2.19 bits per heavy atom. The van der Waals surface area contributed by atoms with Gasteiger partial charge in [0, 0.05) is 19.5 Å². The summed E-state index contributed by atoms with van der Waals surface area (Å²) in [4.78, 5) is 13.6. The third-order valence-corrected chi connectivity index (χ3v) is 4.27. The zero-order valence-corrected chi connectivity index (χ0v) is 11.5. The lowest BCUT2D eigenvalue weighted by Gasteiger charge is -2.40. The van der Waals surface area contributed by atoms with Crippen LogP contribution in [0.15, 0.2) is 0 Å². The predicted octanol–water partition coefficient (Wildman–Crippen LogP) is 3.32. The van der Waals surface area contributed by atoms with Crippen LogP contribution in [0.2, 0.25) is 0 Å². The average Bonchev–Trinajstić information content (AvgIpc) is 2.26. The molecule has 1 aliphatic rings. The van der Waals surface area contributed by atoms with Crippen LogP contribution in [0.3, 0.4) is 0 Å². The highest BCUT2D eigenvalue weighted by Crippen LogP contribution is 2.36. The molecule has 0 aromatic carbocycles. The maximum absolute atomic E-state index is 11.6. The van der Waals surface area contributed by atoms with Crippen LogP contribution in [-0.4, -0.2) is 23.9 Å². The van der Waals surface area contributed by atoms with Crippen molar-refractivity contribution in [1.29, 1.82) is 0 Å². The van der Waals surface area contributed by atoms with Crippen molar-refractivity contribution in [1.82, 2.24) is 4.90 Å². The number of likely N-dealkylation sites (tertiary alicyclic amines) is 1. The summed E-state index contributed by atoms with van der Waals surface area (Å²) in [6.07, 6.45) is 3.02. The van der Waals surface area contributed by atoms with E-state index >= 15 is 0 Å². The lowest BCUT2D eigenvalue weighted by atomic mass is 9.71. The monoisotopic (exact) mass is 225 g/mol. The van der Waals surface area contributed by atoms with Crippen molar-refractivity contribution in [2.24, 2.45) is 17.3 Å². The Hall–Kier alpha value is -0.530. The highest BCUT2D eigenvalue weighted by atomic mass is 16.2. The second kappa shape index (κ2) is 5.20. The van der Waals surface area contributed by atoms with E-state index in [4.69, 9.17) is 0 Å². The fourth-order valence-corrected chi connectivity index (χ4v) is 2.58. The first-order chi connectivity index (χ1) is 7.36. The molecule has 1 aliphatic heterocycles. The van der Waals surface area contributed by atoms with Gasteiger partial charge < -0.3 is 4.90 Å². The van der Waals surface area contributed by atoms with Crippen molar-refractivity contribution < 1.29 is 4.79 Å². The third-order valence-electron chi connectivity index (χ3n) is 4.27. The lowest BCUT2D eigenvalue weighted by Crippen LogP contribution is -2.41. The molecule has 16 heavy (non-hydrogen) atoms. The highest BCUT2D eigenvalue weighted by molar-refractivity contribution is 5.75. The molecule has 0 aromatic heterocycles. The minimum absolute atomic E-state index is 0.321. The Bertz CT molecular complexity index is 234. The molecule has 94 valence electrons. The first-order valence-electron chi connectivity index (χ1n) is 6.64. The van der Waals surface area contributed by atoms with Crippen molar-refractivity contribution in [3.05, 3.63) is 0 Å². The quantitative estimate of drug-likeness (QED) is 0.706. The van der Waals surface area contributed by atoms with Crippen LogP contribution in [0.25, 0.3) is 0 Å². The fourth-order valence-electron chi connectivity index (χ4n) is 2.58. The Morgan fingerprint density at radius 2 is 1.81 bits per heavy atom. The summed E-state index contributed by atoms with van der Waals surface area (Å²) >= 11 is 0. The molecule has 2 heteroatoms. The number of hydrogen-bond acceptors (Lipinski definition) is 1. The van der Waals surface area contributed by atoms with Gasteiger partial charge in [0.25, 0.3) is 0 Å². The Kier molecular flexibility index (Phi) is 4.40. The summed E-state index contributed by atoms with van der Waals surface area (Å²) in [5.74, 6) is 1.86. The van der Waals surface area contributed by atoms with Gasteiger partial charge in [0.2, 0.25) is 5.91 Å². The number of piperidine rings is 1. The number of carbonyl (C=O) groups is 1. The number of amides is 1. The molecule has 0 spiro atoms. The standard InChI is InChI=1S/C14H27NO/c1-6-13(16)15-9-7-12(8-10-15)11(2)14(3,4)5/h11-12H,6-10H2,1-5H3/t11-/m1/s1. The molecule has 1 atom stereocenters. The second-order valence-corrected chi connectivity index (χ2v) is 6.23. The molecule has 0 bridgehead atoms. The van der Waals surface area contributed by atoms with Crippen molar-refractivity contribution in [3.8, 4) is 0 Å². The Balaban J connectivity index is 2.46. The van der Waals surface area contributed by atoms with Gasteiger partial charge in [0.1, 0.15) is 0 Å². The molecule has 0 N–H and O–H groups in total. The summed E-state index contributed by atoms with van der Waals surface area (Å²) in [5.41, 5.74) is 0.390. The summed E-state index contributed by atoms with van der Waals surface area (Å²) in [5, 5.41) is 0. The molecule has 0 aromatic rings. The zero-order chi connectivity index (χ0) is 12.3. The van der Waals surface area contributed by atoms with Gasteiger partial charge in [-0.05, 0) is 30.1 Å². The van der Waals surface area contributed by atoms with Gasteiger partial charge in [0.05, 0.1) is 0 Å². The molecule has 1 heterocycles. The van der Waals surface area contributed by atoms with Gasteiger partial charge in [-0.2, -0.15) is 0 Å². The lowest BCUT2D eigenvalue weighted by molar-refractivity contribution is -0.132. The van der Waals surface area contributed by atoms with Crippen LogP contribution in [-0.2, 0) is 4.79 Å². The fraction of sp³-hybridized carbons (Fsp3) is 0.929. The molecular formula is C14H27NO. The summed E-state index contributed by atoms with van der Waals surface area (Å²) in [6.45, 7) is 13.2. The van der Waals surface area contributed by atoms with E-state index in [0.29, 0.717) is 17.7 Å². The number of hydrogen-bond donors (Lipinski definition) is 0. The molecule has 0 aliphatic carbocycles. The topological polar surface area (TPSA) is 20.3 Å². The molecule has 1 rings (SSSR count). The Labute approximate surface area is 100 Å². The molecule has 0 saturated carbocycles. The summed E-state index contributed by atoms with van der Waals surface area (Å²) in [7, 11) is 0. The van der Waals surface area contributed by atoms with Crippen molar-refractivity contribution in [2.45, 2.75) is 53.9 Å². The van der Waals surface area contributed by atoms with Crippen molar-refractivity contribution >= 4 is 5.91 Å². The van der Waals surface area contributed by atoms with E-state index in [1.807, 2.05) is 11.8 Å². The van der Waals surface area contributed by atoms with Crippen molar-refractivity contribution in [2.75, 3.05) is 13.1 Å².